The van der Waals surface area contributed by atoms with Crippen LogP contribution in [0.1, 0.15) is 6.42 Å². The number of nitrogens with one attached hydrogen (secondary N) is 1. The molecule has 0 aliphatic carbocycles. The number of hydrogen-bond acceptors (Lipinski definition) is 6. The summed E-state index contributed by atoms with van der Waals surface area (Å²) in [5.41, 5.74) is -0.356. The molecule has 0 fully saturated rings. The van der Waals surface area contributed by atoms with Crippen LogP contribution < -0.4 is 10.9 Å². The van der Waals surface area contributed by atoms with E-state index >= 15 is 0 Å². The van der Waals surface area contributed by atoms with E-state index in [9.17, 15) is 14.4 Å². The summed E-state index contributed by atoms with van der Waals surface area (Å²) in [4.78, 5) is 39.4. The quantitative estimate of drug-likeness (QED) is 0.655. The molecule has 1 atom stereocenters. The standard InChI is InChI=1S/C12H13N3O5S/c16-3-1-8(12(19)20)14-9(17)5-15-6-13-10-7(11(15)18)2-4-21-10/h2,4,6,8,16H,1,3,5H2,(H,14,17)(H,19,20)/t8-/m1/s1. The minimum Gasteiger partial charge on any atom is -0.480 e. The normalized spacial score (nSPS) is 12.2. The minimum absolute atomic E-state index is 0.0994. The molecule has 0 bridgehead atoms. The second-order valence-electron chi connectivity index (χ2n) is 4.29. The molecule has 0 unspecified atom stereocenters. The third kappa shape index (κ3) is 3.44. The second-order valence-corrected chi connectivity index (χ2v) is 5.18. The fourth-order valence-electron chi connectivity index (χ4n) is 1.79. The number of aromatic nitrogens is 2. The number of thiophene rings is 1. The van der Waals surface area contributed by atoms with Crippen LogP contribution in [0.3, 0.4) is 0 Å². The zero-order valence-electron chi connectivity index (χ0n) is 10.9. The highest BCUT2D eigenvalue weighted by molar-refractivity contribution is 7.16. The molecule has 0 radical (unpaired) electrons. The number of hydrogen-bond donors (Lipinski definition) is 3. The van der Waals surface area contributed by atoms with Gasteiger partial charge in [0.25, 0.3) is 5.56 Å². The molecule has 3 N–H and O–H groups in total. The number of aliphatic hydroxyl groups excluding tert-OH is 1. The van der Waals surface area contributed by atoms with E-state index in [2.05, 4.69) is 10.3 Å². The van der Waals surface area contributed by atoms with Crippen molar-refractivity contribution < 1.29 is 19.8 Å². The van der Waals surface area contributed by atoms with Crippen LogP contribution in [0.4, 0.5) is 0 Å². The molecular formula is C12H13N3O5S. The molecule has 1 amide bonds. The van der Waals surface area contributed by atoms with Gasteiger partial charge in [-0.15, -0.1) is 11.3 Å². The third-order valence-corrected chi connectivity index (χ3v) is 3.64. The first-order valence-corrected chi connectivity index (χ1v) is 6.96. The molecule has 2 heterocycles. The van der Waals surface area contributed by atoms with Crippen LogP contribution in [0.5, 0.6) is 0 Å². The molecule has 112 valence electrons. The Balaban J connectivity index is 2.12. The van der Waals surface area contributed by atoms with Gasteiger partial charge in [0.15, 0.2) is 0 Å². The van der Waals surface area contributed by atoms with E-state index in [1.165, 1.54) is 17.7 Å². The number of amides is 1. The molecule has 8 nitrogen and oxygen atoms in total. The van der Waals surface area contributed by atoms with Crippen molar-refractivity contribution in [3.05, 3.63) is 28.1 Å². The van der Waals surface area contributed by atoms with Gasteiger partial charge in [-0.3, -0.25) is 14.2 Å². The summed E-state index contributed by atoms with van der Waals surface area (Å²) >= 11 is 1.32. The van der Waals surface area contributed by atoms with Crippen LogP contribution in [0.15, 0.2) is 22.6 Å². The Bertz CT molecular complexity index is 723. The number of carbonyl (C=O) groups is 2. The minimum atomic E-state index is -1.24. The maximum atomic E-state index is 12.1. The van der Waals surface area contributed by atoms with Gasteiger partial charge < -0.3 is 15.5 Å². The summed E-state index contributed by atoms with van der Waals surface area (Å²) in [6, 6.07) is 0.436. The number of carboxylic acids is 1. The SMILES string of the molecule is O=C(Cn1cnc2sccc2c1=O)N[C@H](CCO)C(=O)O. The zero-order chi connectivity index (χ0) is 15.4. The van der Waals surface area contributed by atoms with Gasteiger partial charge in [0.2, 0.25) is 5.91 Å². The molecule has 2 rings (SSSR count). The van der Waals surface area contributed by atoms with Gasteiger partial charge in [0.05, 0.1) is 11.7 Å². The first-order chi connectivity index (χ1) is 10.0. The summed E-state index contributed by atoms with van der Waals surface area (Å²) in [5.74, 6) is -1.87. The number of aliphatic carboxylic acids is 1. The Kier molecular flexibility index (Phi) is 4.66. The first kappa shape index (κ1) is 15.1. The number of carbonyl (C=O) groups excluding carboxylic acids is 1. The summed E-state index contributed by atoms with van der Waals surface area (Å²) < 4.78 is 1.11. The number of fused-ring (bicyclic) bond motifs is 1. The Morgan fingerprint density at radius 2 is 2.24 bits per heavy atom. The molecule has 2 aromatic rings. The topological polar surface area (TPSA) is 122 Å². The van der Waals surface area contributed by atoms with Crippen molar-refractivity contribution in [1.29, 1.82) is 0 Å². The molecule has 0 spiro atoms. The number of aliphatic hydroxyl groups is 1. The van der Waals surface area contributed by atoms with Crippen molar-refractivity contribution in [2.24, 2.45) is 0 Å². The fraction of sp³-hybridized carbons (Fsp3) is 0.333. The summed E-state index contributed by atoms with van der Waals surface area (Å²) in [6.07, 6.45) is 1.15. The first-order valence-electron chi connectivity index (χ1n) is 6.08. The van der Waals surface area contributed by atoms with Gasteiger partial charge in [-0.1, -0.05) is 0 Å². The number of nitrogens with zero attached hydrogens (tertiary/aromatic N) is 2. The highest BCUT2D eigenvalue weighted by Gasteiger charge is 2.19. The largest absolute Gasteiger partial charge is 0.480 e. The van der Waals surface area contributed by atoms with Crippen molar-refractivity contribution in [1.82, 2.24) is 14.9 Å². The van der Waals surface area contributed by atoms with Crippen molar-refractivity contribution in [3.8, 4) is 0 Å². The molecule has 0 aliphatic heterocycles. The lowest BCUT2D eigenvalue weighted by Gasteiger charge is -2.13. The lowest BCUT2D eigenvalue weighted by molar-refractivity contribution is -0.142. The Labute approximate surface area is 122 Å². The lowest BCUT2D eigenvalue weighted by Crippen LogP contribution is -2.43. The average molecular weight is 311 g/mol. The third-order valence-electron chi connectivity index (χ3n) is 2.82. The fourth-order valence-corrected chi connectivity index (χ4v) is 2.51. The van der Waals surface area contributed by atoms with Crippen LogP contribution in [0.2, 0.25) is 0 Å². The Morgan fingerprint density at radius 3 is 2.90 bits per heavy atom. The van der Waals surface area contributed by atoms with E-state index in [4.69, 9.17) is 10.2 Å². The molecule has 0 saturated carbocycles. The Morgan fingerprint density at radius 1 is 1.48 bits per heavy atom. The summed E-state index contributed by atoms with van der Waals surface area (Å²) in [5, 5.41) is 22.0. The molecule has 0 saturated heterocycles. The molecule has 0 aromatic carbocycles. The van der Waals surface area contributed by atoms with Gasteiger partial charge >= 0.3 is 5.97 Å². The van der Waals surface area contributed by atoms with E-state index in [0.717, 1.165) is 4.57 Å². The lowest BCUT2D eigenvalue weighted by atomic mass is 10.2. The van der Waals surface area contributed by atoms with Gasteiger partial charge in [-0.2, -0.15) is 0 Å². The summed E-state index contributed by atoms with van der Waals surface area (Å²) in [7, 11) is 0. The van der Waals surface area contributed by atoms with E-state index in [1.807, 2.05) is 0 Å². The van der Waals surface area contributed by atoms with E-state index < -0.39 is 17.9 Å². The van der Waals surface area contributed by atoms with Crippen LogP contribution in [-0.2, 0) is 16.1 Å². The van der Waals surface area contributed by atoms with Crippen LogP contribution in [-0.4, -0.2) is 44.3 Å². The Hall–Kier alpha value is -2.26. The van der Waals surface area contributed by atoms with Crippen LogP contribution in [0, 0.1) is 0 Å². The highest BCUT2D eigenvalue weighted by atomic mass is 32.1. The van der Waals surface area contributed by atoms with Crippen molar-refractivity contribution in [2.75, 3.05) is 6.61 Å². The van der Waals surface area contributed by atoms with Crippen LogP contribution in [0.25, 0.3) is 10.2 Å². The van der Waals surface area contributed by atoms with Crippen molar-refractivity contribution in [2.45, 2.75) is 19.0 Å². The van der Waals surface area contributed by atoms with Crippen molar-refractivity contribution >= 4 is 33.4 Å². The molecular weight excluding hydrogens is 298 g/mol. The van der Waals surface area contributed by atoms with Crippen LogP contribution >= 0.6 is 11.3 Å². The maximum Gasteiger partial charge on any atom is 0.326 e. The highest BCUT2D eigenvalue weighted by Crippen LogP contribution is 2.13. The number of carboxylic acid groups (broad SMARTS) is 1. The van der Waals surface area contributed by atoms with Crippen molar-refractivity contribution in [3.63, 3.8) is 0 Å². The van der Waals surface area contributed by atoms with Gasteiger partial charge in [0.1, 0.15) is 17.4 Å². The zero-order valence-corrected chi connectivity index (χ0v) is 11.7. The average Bonchev–Trinajstić information content (AvgIpc) is 2.90. The van der Waals surface area contributed by atoms with E-state index in [0.29, 0.717) is 10.2 Å². The smallest absolute Gasteiger partial charge is 0.326 e. The van der Waals surface area contributed by atoms with E-state index in [-0.39, 0.29) is 25.1 Å². The maximum absolute atomic E-state index is 12.1. The van der Waals surface area contributed by atoms with Gasteiger partial charge in [-0.05, 0) is 11.4 Å². The second kappa shape index (κ2) is 6.46. The summed E-state index contributed by atoms with van der Waals surface area (Å²) in [6.45, 7) is -0.688. The van der Waals surface area contributed by atoms with Gasteiger partial charge in [0, 0.05) is 13.0 Å². The molecule has 2 aromatic heterocycles. The molecule has 21 heavy (non-hydrogen) atoms. The monoisotopic (exact) mass is 311 g/mol. The number of rotatable bonds is 6. The molecule has 0 aliphatic rings. The predicted octanol–water partition coefficient (Wildman–Crippen LogP) is -0.590. The van der Waals surface area contributed by atoms with Gasteiger partial charge in [-0.25, -0.2) is 9.78 Å². The predicted molar refractivity (Wildman–Crippen MR) is 75.1 cm³/mol. The van der Waals surface area contributed by atoms with E-state index in [1.54, 1.807) is 11.4 Å². The molecule has 9 heteroatoms.